The number of para-hydroxylation sites is 2. The summed E-state index contributed by atoms with van der Waals surface area (Å²) >= 11 is 0. The number of fused-ring (bicyclic) bond motifs is 1. The molecule has 170 valence electrons. The van der Waals surface area contributed by atoms with Crippen LogP contribution in [0.4, 0.5) is 10.3 Å². The van der Waals surface area contributed by atoms with Crippen LogP contribution in [0.15, 0.2) is 24.3 Å². The minimum atomic E-state index is -0.751. The molecule has 0 bridgehead atoms. The lowest BCUT2D eigenvalue weighted by Crippen LogP contribution is -2.41. The number of amides is 1. The van der Waals surface area contributed by atoms with Crippen LogP contribution in [0, 0.1) is 5.92 Å². The molecular weight excluding hydrogens is 391 g/mol. The number of carbonyl (C=O) groups is 1. The Hall–Kier alpha value is -2.11. The van der Waals surface area contributed by atoms with Gasteiger partial charge in [0.25, 0.3) is 0 Å². The third kappa shape index (κ3) is 4.88. The Morgan fingerprint density at radius 2 is 1.87 bits per heavy atom. The Bertz CT molecular complexity index is 866. The molecule has 31 heavy (non-hydrogen) atoms. The monoisotopic (exact) mass is 428 g/mol. The normalized spacial score (nSPS) is 19.6. The van der Waals surface area contributed by atoms with Crippen LogP contribution in [-0.4, -0.2) is 52.2 Å². The van der Waals surface area contributed by atoms with Gasteiger partial charge >= 0.3 is 0 Å². The van der Waals surface area contributed by atoms with E-state index in [0.717, 1.165) is 62.3 Å². The van der Waals surface area contributed by atoms with Crippen LogP contribution in [0.3, 0.4) is 0 Å². The molecule has 2 aromatic rings. The summed E-state index contributed by atoms with van der Waals surface area (Å²) in [5.41, 5.74) is 2.04. The number of nitrogens with zero attached hydrogens (tertiary/aromatic N) is 4. The first-order valence-corrected chi connectivity index (χ1v) is 12.2. The third-order valence-corrected chi connectivity index (χ3v) is 7.33. The van der Waals surface area contributed by atoms with Gasteiger partial charge in [-0.3, -0.25) is 4.79 Å². The number of hydrogen-bond donors (Lipinski definition) is 0. The molecule has 1 aromatic heterocycles. The first-order valence-electron chi connectivity index (χ1n) is 12.2. The molecule has 6 heteroatoms. The molecule has 0 N–H and O–H groups in total. The van der Waals surface area contributed by atoms with Crippen molar-refractivity contribution in [3.8, 4) is 0 Å². The molecule has 1 aliphatic carbocycles. The van der Waals surface area contributed by atoms with Crippen molar-refractivity contribution in [2.24, 2.45) is 5.92 Å². The number of aryl methyl sites for hydroxylation is 1. The Kier molecular flexibility index (Phi) is 7.13. The predicted molar refractivity (Wildman–Crippen MR) is 124 cm³/mol. The van der Waals surface area contributed by atoms with Gasteiger partial charge in [-0.05, 0) is 57.6 Å². The number of aromatic nitrogens is 2. The highest BCUT2D eigenvalue weighted by Crippen LogP contribution is 2.29. The number of imidazole rings is 1. The van der Waals surface area contributed by atoms with Crippen LogP contribution >= 0.6 is 0 Å². The van der Waals surface area contributed by atoms with Crippen molar-refractivity contribution < 1.29 is 9.18 Å². The minimum absolute atomic E-state index is 0.143. The molecule has 1 atom stereocenters. The van der Waals surface area contributed by atoms with E-state index in [-0.39, 0.29) is 11.8 Å². The van der Waals surface area contributed by atoms with Gasteiger partial charge in [0, 0.05) is 38.6 Å². The highest BCUT2D eigenvalue weighted by molar-refractivity contribution is 5.80. The molecule has 1 saturated carbocycles. The summed E-state index contributed by atoms with van der Waals surface area (Å²) in [7, 11) is 0. The standard InChI is InChI=1S/C25H37FN4O/c1-3-29(21-9-5-4-6-10-21)24(31)15-18-30-23-12-8-7-11-22(23)27-25(30)28-16-13-20(14-17-28)19(2)26/h7-8,11-12,19-21H,3-6,9-10,13-18H2,1-2H3. The van der Waals surface area contributed by atoms with E-state index in [1.807, 2.05) is 18.2 Å². The summed E-state index contributed by atoms with van der Waals surface area (Å²) in [5.74, 6) is 1.33. The summed E-state index contributed by atoms with van der Waals surface area (Å²) in [5, 5.41) is 0. The largest absolute Gasteiger partial charge is 0.342 e. The lowest BCUT2D eigenvalue weighted by atomic mass is 9.93. The Morgan fingerprint density at radius 3 is 2.55 bits per heavy atom. The fourth-order valence-electron chi connectivity index (χ4n) is 5.47. The quantitative estimate of drug-likeness (QED) is 0.610. The van der Waals surface area contributed by atoms with Crippen molar-refractivity contribution in [2.75, 3.05) is 24.5 Å². The number of piperidine rings is 1. The number of rotatable bonds is 7. The molecule has 0 radical (unpaired) electrons. The van der Waals surface area contributed by atoms with Crippen LogP contribution in [0.1, 0.15) is 65.2 Å². The molecule has 1 amide bonds. The molecule has 0 spiro atoms. The van der Waals surface area contributed by atoms with Gasteiger partial charge in [0.05, 0.1) is 11.0 Å². The fraction of sp³-hybridized carbons (Fsp3) is 0.680. The molecule has 2 aliphatic rings. The van der Waals surface area contributed by atoms with Crippen LogP contribution in [0.2, 0.25) is 0 Å². The van der Waals surface area contributed by atoms with Crippen molar-refractivity contribution in [2.45, 2.75) is 84.0 Å². The summed E-state index contributed by atoms with van der Waals surface area (Å²) in [6.07, 6.45) is 7.49. The van der Waals surface area contributed by atoms with Crippen LogP contribution in [0.5, 0.6) is 0 Å². The summed E-state index contributed by atoms with van der Waals surface area (Å²) in [6, 6.07) is 8.57. The average Bonchev–Trinajstić information content (AvgIpc) is 3.17. The van der Waals surface area contributed by atoms with Gasteiger partial charge in [-0.25, -0.2) is 9.37 Å². The molecule has 5 nitrogen and oxygen atoms in total. The Balaban J connectivity index is 1.50. The summed E-state index contributed by atoms with van der Waals surface area (Å²) < 4.78 is 16.0. The number of hydrogen-bond acceptors (Lipinski definition) is 3. The maximum atomic E-state index is 13.8. The zero-order valence-corrected chi connectivity index (χ0v) is 19.1. The van der Waals surface area contributed by atoms with Gasteiger partial charge in [-0.2, -0.15) is 0 Å². The molecule has 2 heterocycles. The van der Waals surface area contributed by atoms with E-state index in [2.05, 4.69) is 27.4 Å². The maximum Gasteiger partial charge on any atom is 0.224 e. The van der Waals surface area contributed by atoms with Crippen molar-refractivity contribution in [3.05, 3.63) is 24.3 Å². The molecule has 4 rings (SSSR count). The predicted octanol–water partition coefficient (Wildman–Crippen LogP) is 5.18. The van der Waals surface area contributed by atoms with Gasteiger partial charge in [0.2, 0.25) is 11.9 Å². The number of carbonyl (C=O) groups excluding carboxylic acids is 1. The second-order valence-electron chi connectivity index (χ2n) is 9.28. The lowest BCUT2D eigenvalue weighted by molar-refractivity contribution is -0.134. The number of alkyl halides is 1. The van der Waals surface area contributed by atoms with Gasteiger partial charge in [-0.1, -0.05) is 31.4 Å². The third-order valence-electron chi connectivity index (χ3n) is 7.33. The molecule has 1 unspecified atom stereocenters. The van der Waals surface area contributed by atoms with Gasteiger partial charge < -0.3 is 14.4 Å². The summed E-state index contributed by atoms with van der Waals surface area (Å²) in [6.45, 7) is 6.83. The maximum absolute atomic E-state index is 13.8. The van der Waals surface area contributed by atoms with Crippen molar-refractivity contribution in [1.29, 1.82) is 0 Å². The molecular formula is C25H37FN4O. The van der Waals surface area contributed by atoms with Crippen molar-refractivity contribution in [1.82, 2.24) is 14.5 Å². The molecule has 1 saturated heterocycles. The second-order valence-corrected chi connectivity index (χ2v) is 9.28. The van der Waals surface area contributed by atoms with E-state index in [1.165, 1.54) is 19.3 Å². The fourth-order valence-corrected chi connectivity index (χ4v) is 5.47. The number of halogens is 1. The number of benzene rings is 1. The highest BCUT2D eigenvalue weighted by Gasteiger charge is 2.28. The Labute approximate surface area is 185 Å². The van der Waals surface area contributed by atoms with Crippen molar-refractivity contribution in [3.63, 3.8) is 0 Å². The van der Waals surface area contributed by atoms with E-state index >= 15 is 0 Å². The number of anilines is 1. The average molecular weight is 429 g/mol. The summed E-state index contributed by atoms with van der Waals surface area (Å²) in [4.78, 5) is 22.4. The lowest BCUT2D eigenvalue weighted by Gasteiger charge is -2.34. The van der Waals surface area contributed by atoms with Crippen LogP contribution in [-0.2, 0) is 11.3 Å². The zero-order chi connectivity index (χ0) is 21.8. The molecule has 1 aromatic carbocycles. The SMILES string of the molecule is CCN(C(=O)CCn1c(N2CCC(C(C)F)CC2)nc2ccccc21)C1CCCCC1. The van der Waals surface area contributed by atoms with Crippen LogP contribution in [0.25, 0.3) is 11.0 Å². The second kappa shape index (κ2) is 10.0. The van der Waals surface area contributed by atoms with Gasteiger partial charge in [0.1, 0.15) is 6.17 Å². The molecule has 1 aliphatic heterocycles. The first-order chi connectivity index (χ1) is 15.1. The van der Waals surface area contributed by atoms with E-state index in [1.54, 1.807) is 6.92 Å². The topological polar surface area (TPSA) is 41.4 Å². The highest BCUT2D eigenvalue weighted by atomic mass is 19.1. The van der Waals surface area contributed by atoms with E-state index in [0.29, 0.717) is 19.0 Å². The van der Waals surface area contributed by atoms with Gasteiger partial charge in [-0.15, -0.1) is 0 Å². The van der Waals surface area contributed by atoms with E-state index in [9.17, 15) is 9.18 Å². The molecule has 2 fully saturated rings. The van der Waals surface area contributed by atoms with E-state index < -0.39 is 6.17 Å². The van der Waals surface area contributed by atoms with Crippen molar-refractivity contribution >= 4 is 22.9 Å². The van der Waals surface area contributed by atoms with Crippen LogP contribution < -0.4 is 4.90 Å². The minimum Gasteiger partial charge on any atom is -0.342 e. The Morgan fingerprint density at radius 1 is 1.16 bits per heavy atom. The van der Waals surface area contributed by atoms with E-state index in [4.69, 9.17) is 4.98 Å². The smallest absolute Gasteiger partial charge is 0.224 e. The zero-order valence-electron chi connectivity index (χ0n) is 19.1. The first kappa shape index (κ1) is 22.1. The van der Waals surface area contributed by atoms with Gasteiger partial charge in [0.15, 0.2) is 0 Å².